The number of rotatable bonds is 6. The summed E-state index contributed by atoms with van der Waals surface area (Å²) in [5, 5.41) is 7.51. The number of aromatic nitrogens is 3. The summed E-state index contributed by atoms with van der Waals surface area (Å²) in [6.45, 7) is 12.1. The van der Waals surface area contributed by atoms with Crippen LogP contribution < -0.4 is 4.74 Å². The van der Waals surface area contributed by atoms with Gasteiger partial charge < -0.3 is 9.64 Å². The quantitative estimate of drug-likeness (QED) is 0.811. The fourth-order valence-electron chi connectivity index (χ4n) is 4.79. The largest absolute Gasteiger partial charge is 0.491 e. The lowest BCUT2D eigenvalue weighted by molar-refractivity contribution is -0.130. The van der Waals surface area contributed by atoms with E-state index in [0.29, 0.717) is 18.9 Å². The summed E-state index contributed by atoms with van der Waals surface area (Å²) in [6.07, 6.45) is 0.724. The molecule has 1 N–H and O–H groups in total. The number of carbonyl (C=O) groups is 1. The van der Waals surface area contributed by atoms with Gasteiger partial charge in [-0.25, -0.2) is 4.98 Å². The van der Waals surface area contributed by atoms with Crippen LogP contribution in [-0.4, -0.2) is 63.2 Å². The van der Waals surface area contributed by atoms with E-state index in [1.807, 2.05) is 44.7 Å². The molecule has 2 atom stereocenters. The molecule has 4 rings (SSSR count). The Kier molecular flexibility index (Phi) is 5.34. The minimum absolute atomic E-state index is 0.178. The third kappa shape index (κ3) is 3.88. The van der Waals surface area contributed by atoms with Crippen molar-refractivity contribution < 1.29 is 9.53 Å². The van der Waals surface area contributed by atoms with Gasteiger partial charge in [-0.2, -0.15) is 5.10 Å². The third-order valence-electron chi connectivity index (χ3n) is 6.08. The van der Waals surface area contributed by atoms with Crippen LogP contribution in [0, 0.1) is 12.8 Å². The van der Waals surface area contributed by atoms with Crippen molar-refractivity contribution in [3.8, 4) is 5.75 Å². The Balaban J connectivity index is 1.51. The second-order valence-corrected chi connectivity index (χ2v) is 8.71. The Morgan fingerprint density at radius 3 is 2.66 bits per heavy atom. The molecule has 1 amide bonds. The average Bonchev–Trinajstić information content (AvgIpc) is 3.35. The number of benzene rings is 1. The highest BCUT2D eigenvalue weighted by atomic mass is 16.5. The van der Waals surface area contributed by atoms with Crippen molar-refractivity contribution in [2.75, 3.05) is 26.2 Å². The van der Waals surface area contributed by atoms with Gasteiger partial charge in [-0.1, -0.05) is 19.1 Å². The molecule has 2 saturated heterocycles. The minimum Gasteiger partial charge on any atom is -0.491 e. The van der Waals surface area contributed by atoms with Crippen molar-refractivity contribution in [3.05, 3.63) is 41.5 Å². The van der Waals surface area contributed by atoms with E-state index in [1.54, 1.807) is 0 Å². The molecule has 0 spiro atoms. The molecule has 7 heteroatoms. The Bertz CT molecular complexity index is 862. The van der Waals surface area contributed by atoms with Crippen molar-refractivity contribution in [3.63, 3.8) is 0 Å². The van der Waals surface area contributed by atoms with Gasteiger partial charge in [0.25, 0.3) is 0 Å². The Morgan fingerprint density at radius 1 is 1.28 bits per heavy atom. The first kappa shape index (κ1) is 19.9. The Labute approximate surface area is 172 Å². The highest BCUT2D eigenvalue weighted by Crippen LogP contribution is 2.44. The summed E-state index contributed by atoms with van der Waals surface area (Å²) in [7, 11) is 0. The van der Waals surface area contributed by atoms with Gasteiger partial charge in [0.2, 0.25) is 5.91 Å². The van der Waals surface area contributed by atoms with Gasteiger partial charge in [0.05, 0.1) is 11.5 Å². The predicted octanol–water partition coefficient (Wildman–Crippen LogP) is 2.52. The summed E-state index contributed by atoms with van der Waals surface area (Å²) in [5.74, 6) is 3.17. The Morgan fingerprint density at radius 2 is 2.03 bits per heavy atom. The highest BCUT2D eigenvalue weighted by Gasteiger charge is 2.56. The van der Waals surface area contributed by atoms with Crippen LogP contribution in [0.25, 0.3) is 0 Å². The number of hydrogen-bond donors (Lipinski definition) is 1. The third-order valence-corrected chi connectivity index (χ3v) is 6.08. The first-order valence-electron chi connectivity index (χ1n) is 10.5. The number of amides is 1. The molecule has 0 saturated carbocycles. The molecule has 1 aromatic heterocycles. The van der Waals surface area contributed by atoms with Gasteiger partial charge in [-0.05, 0) is 38.5 Å². The van der Waals surface area contributed by atoms with Crippen LogP contribution in [-0.2, 0) is 16.8 Å². The van der Waals surface area contributed by atoms with Crippen LogP contribution in [0.5, 0.6) is 5.75 Å². The van der Waals surface area contributed by atoms with Crippen molar-refractivity contribution in [2.45, 2.75) is 52.2 Å². The minimum atomic E-state index is -0.184. The number of likely N-dealkylation sites (tertiary alicyclic amines) is 2. The molecule has 2 fully saturated rings. The van der Waals surface area contributed by atoms with E-state index in [9.17, 15) is 4.79 Å². The molecule has 2 aliphatic rings. The smallest absolute Gasteiger partial charge is 0.222 e. The number of hydrogen-bond acceptors (Lipinski definition) is 5. The zero-order valence-electron chi connectivity index (χ0n) is 17.8. The van der Waals surface area contributed by atoms with Crippen LogP contribution in [0.3, 0.4) is 0 Å². The normalized spacial score (nSPS) is 24.3. The van der Waals surface area contributed by atoms with Crippen molar-refractivity contribution in [2.24, 2.45) is 5.92 Å². The van der Waals surface area contributed by atoms with Gasteiger partial charge in [0.15, 0.2) is 5.82 Å². The number of carbonyl (C=O) groups excluding carboxylic acids is 1. The summed E-state index contributed by atoms with van der Waals surface area (Å²) >= 11 is 0. The molecule has 3 heterocycles. The molecule has 0 aliphatic carbocycles. The molecule has 7 nitrogen and oxygen atoms in total. The number of aryl methyl sites for hydroxylation is 1. The van der Waals surface area contributed by atoms with E-state index >= 15 is 0 Å². The van der Waals surface area contributed by atoms with Gasteiger partial charge in [0.1, 0.15) is 11.6 Å². The van der Waals surface area contributed by atoms with Gasteiger partial charge in [-0.3, -0.25) is 14.8 Å². The predicted molar refractivity (Wildman–Crippen MR) is 111 cm³/mol. The second-order valence-electron chi connectivity index (χ2n) is 8.71. The molecule has 0 bridgehead atoms. The highest BCUT2D eigenvalue weighted by molar-refractivity contribution is 5.76. The van der Waals surface area contributed by atoms with Gasteiger partial charge in [0, 0.05) is 45.1 Å². The SMILES string of the molecule is CCC(=O)N1C[C@H]2CN(Cc3ccc(OC(C)C)cc3)C[C@@]2(c2n[nH]c(C)n2)C1. The van der Waals surface area contributed by atoms with Gasteiger partial charge in [-0.15, -0.1) is 0 Å². The van der Waals surface area contributed by atoms with Crippen LogP contribution in [0.4, 0.5) is 0 Å². The number of aromatic amines is 1. The average molecular weight is 398 g/mol. The molecular formula is C22H31N5O2. The van der Waals surface area contributed by atoms with Crippen LogP contribution in [0.1, 0.15) is 44.4 Å². The zero-order valence-corrected chi connectivity index (χ0v) is 17.8. The number of nitrogens with one attached hydrogen (secondary N) is 1. The number of nitrogens with zero attached hydrogens (tertiary/aromatic N) is 4. The molecular weight excluding hydrogens is 366 g/mol. The molecule has 0 unspecified atom stereocenters. The van der Waals surface area contributed by atoms with Gasteiger partial charge >= 0.3 is 0 Å². The fraction of sp³-hybridized carbons (Fsp3) is 0.591. The number of H-pyrrole nitrogens is 1. The molecule has 156 valence electrons. The molecule has 29 heavy (non-hydrogen) atoms. The van der Waals surface area contributed by atoms with E-state index < -0.39 is 0 Å². The van der Waals surface area contributed by atoms with E-state index in [1.165, 1.54) is 5.56 Å². The standard InChI is InChI=1S/C22H31N5O2/c1-5-20(28)27-12-18-11-26(10-17-6-8-19(9-7-17)29-15(2)3)13-22(18,14-27)21-23-16(4)24-25-21/h6-9,15,18H,5,10-14H2,1-4H3,(H,23,24,25)/t18-,22-/m1/s1. The zero-order chi connectivity index (χ0) is 20.6. The van der Waals surface area contributed by atoms with Crippen LogP contribution in [0.2, 0.25) is 0 Å². The second kappa shape index (κ2) is 7.78. The lowest BCUT2D eigenvalue weighted by Crippen LogP contribution is -2.40. The first-order valence-corrected chi connectivity index (χ1v) is 10.5. The maximum atomic E-state index is 12.4. The van der Waals surface area contributed by atoms with Crippen molar-refractivity contribution in [1.82, 2.24) is 25.0 Å². The number of ether oxygens (including phenoxy) is 1. The fourth-order valence-corrected chi connectivity index (χ4v) is 4.79. The van der Waals surface area contributed by atoms with E-state index in [-0.39, 0.29) is 17.4 Å². The summed E-state index contributed by atoms with van der Waals surface area (Å²) in [4.78, 5) is 21.5. The van der Waals surface area contributed by atoms with Crippen LogP contribution in [0.15, 0.2) is 24.3 Å². The monoisotopic (exact) mass is 397 g/mol. The Hall–Kier alpha value is -2.41. The lowest BCUT2D eigenvalue weighted by Gasteiger charge is -2.27. The van der Waals surface area contributed by atoms with E-state index in [2.05, 4.69) is 32.2 Å². The molecule has 2 aromatic rings. The van der Waals surface area contributed by atoms with Crippen LogP contribution >= 0.6 is 0 Å². The molecule has 0 radical (unpaired) electrons. The van der Waals surface area contributed by atoms with E-state index in [4.69, 9.17) is 4.74 Å². The van der Waals surface area contributed by atoms with E-state index in [0.717, 1.165) is 43.6 Å². The first-order chi connectivity index (χ1) is 13.9. The lowest BCUT2D eigenvalue weighted by atomic mass is 9.80. The van der Waals surface area contributed by atoms with Crippen molar-refractivity contribution >= 4 is 5.91 Å². The van der Waals surface area contributed by atoms with Crippen molar-refractivity contribution in [1.29, 1.82) is 0 Å². The topological polar surface area (TPSA) is 74.3 Å². The molecule has 1 aromatic carbocycles. The molecule has 2 aliphatic heterocycles. The maximum Gasteiger partial charge on any atom is 0.222 e. The number of fused-ring (bicyclic) bond motifs is 1. The summed E-state index contributed by atoms with van der Waals surface area (Å²) in [5.41, 5.74) is 1.08. The maximum absolute atomic E-state index is 12.4. The summed E-state index contributed by atoms with van der Waals surface area (Å²) < 4.78 is 5.75. The summed E-state index contributed by atoms with van der Waals surface area (Å²) in [6, 6.07) is 8.37.